The first-order chi connectivity index (χ1) is 20.9. The Morgan fingerprint density at radius 2 is 1.82 bits per heavy atom. The minimum Gasteiger partial charge on any atom is -0.444 e. The van der Waals surface area contributed by atoms with Crippen molar-refractivity contribution in [2.24, 2.45) is 5.92 Å². The number of rotatable bonds is 9. The summed E-state index contributed by atoms with van der Waals surface area (Å²) >= 11 is 0. The van der Waals surface area contributed by atoms with E-state index in [-0.39, 0.29) is 18.9 Å². The Kier molecular flexibility index (Phi) is 11.4. The summed E-state index contributed by atoms with van der Waals surface area (Å²) in [6.07, 6.45) is 9.38. The third kappa shape index (κ3) is 8.77. The van der Waals surface area contributed by atoms with Gasteiger partial charge in [-0.1, -0.05) is 44.8 Å². The third-order valence-electron chi connectivity index (χ3n) is 8.85. The predicted molar refractivity (Wildman–Crippen MR) is 164 cm³/mol. The number of likely N-dealkylation sites (tertiary alicyclic amines) is 1. The SMILES string of the molecule is CCC[C@H](NC(=O)[C@@H]1C[C@@H](OC(=O)N2CC3=C(CCC=C3)C2)CN1C(=O)[C@@H](NC(=O)OC(C)(C)C)C1CCCCC1)B(O)O. The van der Waals surface area contributed by atoms with E-state index in [1.165, 1.54) is 10.5 Å². The van der Waals surface area contributed by atoms with Gasteiger partial charge >= 0.3 is 19.3 Å². The number of amides is 4. The van der Waals surface area contributed by atoms with Gasteiger partial charge in [-0.25, -0.2) is 9.59 Å². The van der Waals surface area contributed by atoms with Crippen LogP contribution in [0, 0.1) is 5.92 Å². The van der Waals surface area contributed by atoms with Crippen molar-refractivity contribution in [1.29, 1.82) is 0 Å². The van der Waals surface area contributed by atoms with E-state index in [0.29, 0.717) is 25.9 Å². The summed E-state index contributed by atoms with van der Waals surface area (Å²) in [6, 6.07) is -1.95. The first-order valence-corrected chi connectivity index (χ1v) is 16.2. The Hall–Kier alpha value is -3.06. The van der Waals surface area contributed by atoms with E-state index < -0.39 is 60.8 Å². The van der Waals surface area contributed by atoms with Gasteiger partial charge in [-0.05, 0) is 69.9 Å². The quantitative estimate of drug-likeness (QED) is 0.288. The van der Waals surface area contributed by atoms with Crippen LogP contribution in [0.25, 0.3) is 0 Å². The summed E-state index contributed by atoms with van der Waals surface area (Å²) in [5, 5.41) is 25.2. The van der Waals surface area contributed by atoms with E-state index in [4.69, 9.17) is 9.47 Å². The van der Waals surface area contributed by atoms with Crippen LogP contribution in [0.4, 0.5) is 9.59 Å². The summed E-state index contributed by atoms with van der Waals surface area (Å²) in [6.45, 7) is 8.02. The van der Waals surface area contributed by atoms with Gasteiger partial charge in [0.05, 0.1) is 12.5 Å². The lowest BCUT2D eigenvalue weighted by Gasteiger charge is -2.35. The van der Waals surface area contributed by atoms with Crippen molar-refractivity contribution in [2.75, 3.05) is 19.6 Å². The number of ether oxygens (including phenoxy) is 2. The van der Waals surface area contributed by atoms with Crippen molar-refractivity contribution in [3.8, 4) is 0 Å². The maximum absolute atomic E-state index is 14.3. The zero-order chi connectivity index (χ0) is 32.0. The highest BCUT2D eigenvalue weighted by molar-refractivity contribution is 6.43. The monoisotopic (exact) mass is 616 g/mol. The first kappa shape index (κ1) is 33.8. The van der Waals surface area contributed by atoms with Crippen LogP contribution in [0.3, 0.4) is 0 Å². The highest BCUT2D eigenvalue weighted by Gasteiger charge is 2.46. The lowest BCUT2D eigenvalue weighted by Crippen LogP contribution is -2.58. The number of allylic oxidation sites excluding steroid dienone is 1. The molecule has 1 saturated heterocycles. The molecule has 0 bridgehead atoms. The fourth-order valence-corrected chi connectivity index (χ4v) is 6.67. The molecule has 44 heavy (non-hydrogen) atoms. The van der Waals surface area contributed by atoms with Gasteiger partial charge in [0.15, 0.2) is 0 Å². The standard InChI is InChI=1S/C31H49BN4O8/c1-5-11-25(32(41)42)33-27(37)24-16-23(43-30(40)35-17-21-14-9-10-15-22(21)18-35)19-36(24)28(38)26(20-12-7-6-8-13-20)34-29(39)44-31(2,3)4/h9,14,20,23-26,41-42H,5-8,10-13,15-19H2,1-4H3,(H,33,37)(H,34,39)/t23-,24+,25+,26+/m1/s1. The van der Waals surface area contributed by atoms with Crippen molar-refractivity contribution >= 4 is 31.1 Å². The molecule has 0 radical (unpaired) electrons. The van der Waals surface area contributed by atoms with Crippen molar-refractivity contribution < 1.29 is 38.7 Å². The predicted octanol–water partition coefficient (Wildman–Crippen LogP) is 2.83. The van der Waals surface area contributed by atoms with Gasteiger partial charge in [-0.2, -0.15) is 0 Å². The maximum atomic E-state index is 14.3. The van der Waals surface area contributed by atoms with Crippen LogP contribution in [-0.4, -0.2) is 100 Å². The Labute approximate surface area is 260 Å². The van der Waals surface area contributed by atoms with Crippen LogP contribution in [0.2, 0.25) is 0 Å². The highest BCUT2D eigenvalue weighted by Crippen LogP contribution is 2.32. The van der Waals surface area contributed by atoms with Crippen molar-refractivity contribution in [1.82, 2.24) is 20.4 Å². The lowest BCUT2D eigenvalue weighted by atomic mass is 9.76. The van der Waals surface area contributed by atoms with Gasteiger partial charge in [0.25, 0.3) is 0 Å². The molecule has 0 unspecified atom stereocenters. The second-order valence-corrected chi connectivity index (χ2v) is 13.5. The zero-order valence-electron chi connectivity index (χ0n) is 26.5. The average Bonchev–Trinajstić information content (AvgIpc) is 3.59. The van der Waals surface area contributed by atoms with Gasteiger partial charge in [-0.3, -0.25) is 14.5 Å². The molecule has 4 atom stereocenters. The van der Waals surface area contributed by atoms with E-state index >= 15 is 0 Å². The third-order valence-corrected chi connectivity index (χ3v) is 8.85. The highest BCUT2D eigenvalue weighted by atomic mass is 16.6. The topological polar surface area (TPSA) is 158 Å². The van der Waals surface area contributed by atoms with Crippen LogP contribution < -0.4 is 10.6 Å². The van der Waals surface area contributed by atoms with Gasteiger partial charge in [0.1, 0.15) is 23.8 Å². The number of nitrogens with one attached hydrogen (secondary N) is 2. The number of hydrogen-bond donors (Lipinski definition) is 4. The molecule has 12 nitrogen and oxygen atoms in total. The molecule has 0 spiro atoms. The minimum atomic E-state index is -1.77. The molecule has 4 rings (SSSR count). The van der Waals surface area contributed by atoms with E-state index in [2.05, 4.69) is 16.7 Å². The van der Waals surface area contributed by atoms with E-state index in [9.17, 15) is 29.2 Å². The van der Waals surface area contributed by atoms with Crippen LogP contribution in [0.5, 0.6) is 0 Å². The lowest BCUT2D eigenvalue weighted by molar-refractivity contribution is -0.141. The van der Waals surface area contributed by atoms with Crippen molar-refractivity contribution in [3.63, 3.8) is 0 Å². The number of carbonyl (C=O) groups is 4. The van der Waals surface area contributed by atoms with Crippen LogP contribution in [-0.2, 0) is 19.1 Å². The molecule has 2 heterocycles. The van der Waals surface area contributed by atoms with Gasteiger partial charge in [-0.15, -0.1) is 0 Å². The molecule has 0 aromatic carbocycles. The van der Waals surface area contributed by atoms with Crippen LogP contribution in [0.15, 0.2) is 23.3 Å². The fourth-order valence-electron chi connectivity index (χ4n) is 6.67. The number of nitrogens with zero attached hydrogens (tertiary/aromatic N) is 2. The summed E-state index contributed by atoms with van der Waals surface area (Å²) in [4.78, 5) is 57.0. The summed E-state index contributed by atoms with van der Waals surface area (Å²) in [5.41, 5.74) is 1.58. The Morgan fingerprint density at radius 3 is 2.45 bits per heavy atom. The molecular weight excluding hydrogens is 567 g/mol. The first-order valence-electron chi connectivity index (χ1n) is 16.2. The molecule has 244 valence electrons. The smallest absolute Gasteiger partial charge is 0.444 e. The number of carbonyl (C=O) groups excluding carboxylic acids is 4. The molecule has 4 aliphatic rings. The van der Waals surface area contributed by atoms with Crippen LogP contribution >= 0.6 is 0 Å². The zero-order valence-corrected chi connectivity index (χ0v) is 26.5. The van der Waals surface area contributed by atoms with E-state index in [0.717, 1.165) is 50.5 Å². The van der Waals surface area contributed by atoms with Gasteiger partial charge in [0.2, 0.25) is 11.8 Å². The second kappa shape index (κ2) is 14.8. The molecule has 2 aliphatic carbocycles. The Bertz CT molecular complexity index is 1130. The largest absolute Gasteiger partial charge is 0.475 e. The molecule has 0 aromatic rings. The van der Waals surface area contributed by atoms with Gasteiger partial charge < -0.3 is 35.1 Å². The van der Waals surface area contributed by atoms with Crippen molar-refractivity contribution in [2.45, 2.75) is 122 Å². The Balaban J connectivity index is 1.53. The number of hydrogen-bond acceptors (Lipinski definition) is 8. The Morgan fingerprint density at radius 1 is 1.09 bits per heavy atom. The molecular formula is C31H49BN4O8. The normalized spacial score (nSPS) is 23.6. The summed E-state index contributed by atoms with van der Waals surface area (Å²) in [7, 11) is -1.77. The maximum Gasteiger partial charge on any atom is 0.475 e. The molecule has 2 fully saturated rings. The molecule has 4 amide bonds. The fraction of sp³-hybridized carbons (Fsp3) is 0.742. The molecule has 0 aromatic heterocycles. The summed E-state index contributed by atoms with van der Waals surface area (Å²) in [5.74, 6) is -2.07. The second-order valence-electron chi connectivity index (χ2n) is 13.5. The summed E-state index contributed by atoms with van der Waals surface area (Å²) < 4.78 is 11.4. The minimum absolute atomic E-state index is 0.0249. The van der Waals surface area contributed by atoms with E-state index in [1.54, 1.807) is 25.7 Å². The average molecular weight is 617 g/mol. The molecule has 13 heteroatoms. The molecule has 1 saturated carbocycles. The van der Waals surface area contributed by atoms with Crippen LogP contribution in [0.1, 0.15) is 91.9 Å². The van der Waals surface area contributed by atoms with Crippen molar-refractivity contribution in [3.05, 3.63) is 23.3 Å². The van der Waals surface area contributed by atoms with Gasteiger partial charge in [0, 0.05) is 19.5 Å². The molecule has 4 N–H and O–H groups in total. The molecule has 2 aliphatic heterocycles. The number of alkyl carbamates (subject to hydrolysis) is 1. The van der Waals surface area contributed by atoms with E-state index in [1.807, 2.05) is 13.0 Å².